The van der Waals surface area contributed by atoms with Crippen molar-refractivity contribution in [1.29, 1.82) is 0 Å². The number of aryl methyl sites for hydroxylation is 1. The lowest BCUT2D eigenvalue weighted by Crippen LogP contribution is -2.24. The summed E-state index contributed by atoms with van der Waals surface area (Å²) >= 11 is 5.98. The maximum absolute atomic E-state index is 12.2. The zero-order valence-electron chi connectivity index (χ0n) is 13.8. The molecule has 0 spiro atoms. The van der Waals surface area contributed by atoms with E-state index in [4.69, 9.17) is 16.3 Å². The van der Waals surface area contributed by atoms with Crippen LogP contribution in [0.2, 0.25) is 5.02 Å². The number of aromatic nitrogens is 2. The first-order valence-electron chi connectivity index (χ1n) is 8.36. The molecule has 3 rings (SSSR count). The molecule has 0 radical (unpaired) electrons. The van der Waals surface area contributed by atoms with Gasteiger partial charge in [-0.15, -0.1) is 0 Å². The summed E-state index contributed by atoms with van der Waals surface area (Å²) in [6, 6.07) is 7.56. The molecule has 1 saturated carbocycles. The summed E-state index contributed by atoms with van der Waals surface area (Å²) in [4.78, 5) is 12.2. The second-order valence-corrected chi connectivity index (χ2v) is 6.61. The van der Waals surface area contributed by atoms with Gasteiger partial charge in [0.05, 0.1) is 12.2 Å². The fourth-order valence-electron chi connectivity index (χ4n) is 3.06. The van der Waals surface area contributed by atoms with Crippen LogP contribution >= 0.6 is 11.6 Å². The van der Waals surface area contributed by atoms with E-state index < -0.39 is 0 Å². The normalized spacial score (nSPS) is 15.2. The summed E-state index contributed by atoms with van der Waals surface area (Å²) in [5.41, 5.74) is 0.921. The van der Waals surface area contributed by atoms with Crippen molar-refractivity contribution < 1.29 is 9.53 Å². The molecule has 2 aromatic rings. The van der Waals surface area contributed by atoms with Crippen LogP contribution in [0.15, 0.2) is 30.5 Å². The zero-order valence-corrected chi connectivity index (χ0v) is 14.6. The fraction of sp³-hybridized carbons (Fsp3) is 0.444. The van der Waals surface area contributed by atoms with Gasteiger partial charge in [-0.3, -0.25) is 4.79 Å². The van der Waals surface area contributed by atoms with Gasteiger partial charge in [-0.1, -0.05) is 30.9 Å². The number of carbonyl (C=O) groups excluding carboxylic acids is 1. The van der Waals surface area contributed by atoms with E-state index >= 15 is 0 Å². The average molecular weight is 348 g/mol. The smallest absolute Gasteiger partial charge is 0.263 e. The van der Waals surface area contributed by atoms with Crippen molar-refractivity contribution in [3.05, 3.63) is 41.0 Å². The number of amides is 1. The second kappa shape index (κ2) is 7.71. The molecule has 5 nitrogen and oxygen atoms in total. The Morgan fingerprint density at radius 3 is 2.88 bits per heavy atom. The number of carbonyl (C=O) groups is 1. The molecule has 0 bridgehead atoms. The molecule has 1 aromatic carbocycles. The molecule has 1 heterocycles. The lowest BCUT2D eigenvalue weighted by molar-refractivity contribution is -0.118. The predicted octanol–water partition coefficient (Wildman–Crippen LogP) is 4.37. The molecule has 1 aliphatic carbocycles. The van der Waals surface area contributed by atoms with Crippen molar-refractivity contribution in [2.75, 3.05) is 11.9 Å². The van der Waals surface area contributed by atoms with Crippen LogP contribution in [0.5, 0.6) is 5.75 Å². The summed E-state index contributed by atoms with van der Waals surface area (Å²) in [7, 11) is 0. The third-order valence-corrected chi connectivity index (χ3v) is 4.78. The largest absolute Gasteiger partial charge is 0.484 e. The van der Waals surface area contributed by atoms with Crippen molar-refractivity contribution in [3.8, 4) is 5.75 Å². The maximum atomic E-state index is 12.2. The lowest BCUT2D eigenvalue weighted by Gasteiger charge is -2.23. The molecular weight excluding hydrogens is 326 g/mol. The van der Waals surface area contributed by atoms with Crippen molar-refractivity contribution >= 4 is 23.3 Å². The molecule has 1 amide bonds. The monoisotopic (exact) mass is 347 g/mol. The molecule has 0 unspecified atom stereocenters. The highest BCUT2D eigenvalue weighted by Crippen LogP contribution is 2.29. The molecule has 0 saturated heterocycles. The van der Waals surface area contributed by atoms with Crippen molar-refractivity contribution in [2.45, 2.75) is 45.1 Å². The highest BCUT2D eigenvalue weighted by atomic mass is 35.5. The molecule has 0 aliphatic heterocycles. The highest BCUT2D eigenvalue weighted by molar-refractivity contribution is 6.31. The minimum atomic E-state index is -0.194. The van der Waals surface area contributed by atoms with Crippen LogP contribution in [0.25, 0.3) is 0 Å². The van der Waals surface area contributed by atoms with Crippen molar-refractivity contribution in [2.24, 2.45) is 0 Å². The van der Waals surface area contributed by atoms with Crippen molar-refractivity contribution in [3.63, 3.8) is 0 Å². The van der Waals surface area contributed by atoms with Crippen LogP contribution < -0.4 is 10.1 Å². The SMILES string of the molecule is Cc1cc(OCC(=O)Nc2ccnn2C2CCCCC2)ccc1Cl. The van der Waals surface area contributed by atoms with Gasteiger partial charge in [-0.05, 0) is 43.5 Å². The minimum absolute atomic E-state index is 0.0447. The van der Waals surface area contributed by atoms with Crippen LogP contribution in [0, 0.1) is 6.92 Å². The van der Waals surface area contributed by atoms with Crippen LogP contribution in [0.1, 0.15) is 43.7 Å². The average Bonchev–Trinajstić information content (AvgIpc) is 3.05. The van der Waals surface area contributed by atoms with E-state index in [-0.39, 0.29) is 12.5 Å². The number of rotatable bonds is 5. The Kier molecular flexibility index (Phi) is 5.41. The third-order valence-electron chi connectivity index (χ3n) is 4.36. The molecular formula is C18H22ClN3O2. The predicted molar refractivity (Wildman–Crippen MR) is 94.7 cm³/mol. The molecule has 1 fully saturated rings. The van der Waals surface area contributed by atoms with Crippen LogP contribution in [-0.2, 0) is 4.79 Å². The molecule has 6 heteroatoms. The number of benzene rings is 1. The Morgan fingerprint density at radius 1 is 1.33 bits per heavy atom. The standard InChI is InChI=1S/C18H22ClN3O2/c1-13-11-15(7-8-16(13)19)24-12-18(23)21-17-9-10-20-22(17)14-5-3-2-4-6-14/h7-11,14H,2-6,12H2,1H3,(H,21,23). The number of nitrogens with one attached hydrogen (secondary N) is 1. The lowest BCUT2D eigenvalue weighted by atomic mass is 9.96. The summed E-state index contributed by atoms with van der Waals surface area (Å²) in [6.07, 6.45) is 7.69. The van der Waals surface area contributed by atoms with E-state index in [9.17, 15) is 4.79 Å². The Hall–Kier alpha value is -2.01. The fourth-order valence-corrected chi connectivity index (χ4v) is 3.18. The van der Waals surface area contributed by atoms with E-state index in [1.165, 1.54) is 19.3 Å². The first-order chi connectivity index (χ1) is 11.6. The number of anilines is 1. The van der Waals surface area contributed by atoms with Crippen LogP contribution in [0.3, 0.4) is 0 Å². The topological polar surface area (TPSA) is 56.1 Å². The molecule has 1 aliphatic rings. The Labute approximate surface area is 147 Å². The Bertz CT molecular complexity index is 708. The van der Waals surface area contributed by atoms with Gasteiger partial charge in [-0.25, -0.2) is 4.68 Å². The van der Waals surface area contributed by atoms with Gasteiger partial charge in [0.15, 0.2) is 6.61 Å². The molecule has 0 atom stereocenters. The van der Waals surface area contributed by atoms with E-state index in [0.29, 0.717) is 16.8 Å². The third kappa shape index (κ3) is 4.09. The van der Waals surface area contributed by atoms with Crippen LogP contribution in [-0.4, -0.2) is 22.3 Å². The summed E-state index contributed by atoms with van der Waals surface area (Å²) in [5, 5.41) is 7.96. The second-order valence-electron chi connectivity index (χ2n) is 6.20. The summed E-state index contributed by atoms with van der Waals surface area (Å²) in [6.45, 7) is 1.86. The Morgan fingerprint density at radius 2 is 2.12 bits per heavy atom. The summed E-state index contributed by atoms with van der Waals surface area (Å²) < 4.78 is 7.47. The maximum Gasteiger partial charge on any atom is 0.263 e. The van der Waals surface area contributed by atoms with Gasteiger partial charge in [0.1, 0.15) is 11.6 Å². The first-order valence-corrected chi connectivity index (χ1v) is 8.73. The number of ether oxygens (including phenoxy) is 1. The van der Waals surface area contributed by atoms with E-state index in [1.54, 1.807) is 18.3 Å². The number of halogens is 1. The van der Waals surface area contributed by atoms with Gasteiger partial charge in [0.2, 0.25) is 0 Å². The van der Waals surface area contributed by atoms with Crippen LogP contribution in [0.4, 0.5) is 5.82 Å². The quantitative estimate of drug-likeness (QED) is 0.873. The molecule has 24 heavy (non-hydrogen) atoms. The number of nitrogens with zero attached hydrogens (tertiary/aromatic N) is 2. The van der Waals surface area contributed by atoms with E-state index in [2.05, 4.69) is 10.4 Å². The van der Waals surface area contributed by atoms with Gasteiger partial charge in [0.25, 0.3) is 5.91 Å². The number of hydrogen-bond donors (Lipinski definition) is 1. The zero-order chi connectivity index (χ0) is 16.9. The van der Waals surface area contributed by atoms with Gasteiger partial charge in [-0.2, -0.15) is 5.10 Å². The molecule has 1 N–H and O–H groups in total. The minimum Gasteiger partial charge on any atom is -0.484 e. The van der Waals surface area contributed by atoms with Gasteiger partial charge >= 0.3 is 0 Å². The highest BCUT2D eigenvalue weighted by Gasteiger charge is 2.19. The number of hydrogen-bond acceptors (Lipinski definition) is 3. The van der Waals surface area contributed by atoms with E-state index in [1.807, 2.05) is 23.7 Å². The Balaban J connectivity index is 1.57. The first kappa shape index (κ1) is 16.8. The summed E-state index contributed by atoms with van der Waals surface area (Å²) in [5.74, 6) is 1.18. The van der Waals surface area contributed by atoms with Gasteiger partial charge < -0.3 is 10.1 Å². The molecule has 1 aromatic heterocycles. The van der Waals surface area contributed by atoms with E-state index in [0.717, 1.165) is 24.2 Å². The van der Waals surface area contributed by atoms with Crippen molar-refractivity contribution in [1.82, 2.24) is 9.78 Å². The van der Waals surface area contributed by atoms with Gasteiger partial charge in [0, 0.05) is 11.1 Å². The molecule has 128 valence electrons.